The molecular formula is C30H57P. The van der Waals surface area contributed by atoms with E-state index in [1.54, 1.807) is 0 Å². The van der Waals surface area contributed by atoms with Crippen LogP contribution in [0.15, 0.2) is 0 Å². The molecule has 0 aliphatic heterocycles. The highest BCUT2D eigenvalue weighted by Gasteiger charge is 2.63. The standard InChI is InChI=1S/C30H57P/c1-27(2,3)31(28(4,5)6)29(7,8)30(24-18-12-9-13-19-24,25-20-14-10-15-21-25)26-22-16-11-17-23-26/h24-26H,9-23H2,1-8H3. The molecule has 0 aromatic carbocycles. The lowest BCUT2D eigenvalue weighted by molar-refractivity contribution is -0.0748. The SMILES string of the molecule is CC(C)(C)P(C(C)(C)C)C(C)(C)C(C1CCCCC1)(C1CCCCC1)C1CCCCC1. The first-order valence-corrected chi connectivity index (χ1v) is 15.6. The first-order valence-electron chi connectivity index (χ1n) is 14.2. The second-order valence-electron chi connectivity index (χ2n) is 14.2. The van der Waals surface area contributed by atoms with Crippen molar-refractivity contribution < 1.29 is 0 Å². The van der Waals surface area contributed by atoms with Crippen molar-refractivity contribution in [2.24, 2.45) is 23.2 Å². The molecular weight excluding hydrogens is 391 g/mol. The van der Waals surface area contributed by atoms with Gasteiger partial charge in [-0.15, -0.1) is 0 Å². The van der Waals surface area contributed by atoms with E-state index in [2.05, 4.69) is 55.4 Å². The molecule has 0 radical (unpaired) electrons. The highest BCUT2D eigenvalue weighted by atomic mass is 31.1. The van der Waals surface area contributed by atoms with E-state index >= 15 is 0 Å². The molecule has 0 unspecified atom stereocenters. The fourth-order valence-corrected chi connectivity index (χ4v) is 16.4. The first-order chi connectivity index (χ1) is 14.4. The largest absolute Gasteiger partial charge is 0.0892 e. The van der Waals surface area contributed by atoms with Gasteiger partial charge in [0.15, 0.2) is 0 Å². The van der Waals surface area contributed by atoms with E-state index in [-0.39, 0.29) is 7.92 Å². The van der Waals surface area contributed by atoms with Gasteiger partial charge in [0.2, 0.25) is 0 Å². The Kier molecular flexibility index (Phi) is 8.37. The number of hydrogen-bond donors (Lipinski definition) is 0. The molecule has 182 valence electrons. The lowest BCUT2D eigenvalue weighted by Gasteiger charge is -2.68. The molecule has 0 N–H and O–H groups in total. The van der Waals surface area contributed by atoms with E-state index in [0.717, 1.165) is 17.8 Å². The van der Waals surface area contributed by atoms with Gasteiger partial charge in [-0.05, 0) is 77.2 Å². The maximum Gasteiger partial charge on any atom is -0.00773 e. The van der Waals surface area contributed by atoms with Crippen molar-refractivity contribution in [3.05, 3.63) is 0 Å². The van der Waals surface area contributed by atoms with Crippen molar-refractivity contribution in [1.82, 2.24) is 0 Å². The Labute approximate surface area is 198 Å². The molecule has 0 amide bonds. The molecule has 3 rings (SSSR count). The molecule has 31 heavy (non-hydrogen) atoms. The minimum absolute atomic E-state index is 0.148. The van der Waals surface area contributed by atoms with Crippen LogP contribution in [0.4, 0.5) is 0 Å². The van der Waals surface area contributed by atoms with Gasteiger partial charge in [0.05, 0.1) is 0 Å². The number of hydrogen-bond acceptors (Lipinski definition) is 0. The Hall–Kier alpha value is 0.430. The lowest BCUT2D eigenvalue weighted by atomic mass is 9.47. The molecule has 0 atom stereocenters. The van der Waals surface area contributed by atoms with Crippen LogP contribution in [0, 0.1) is 23.2 Å². The fourth-order valence-electron chi connectivity index (χ4n) is 10.1. The van der Waals surface area contributed by atoms with Crippen molar-refractivity contribution in [1.29, 1.82) is 0 Å². The van der Waals surface area contributed by atoms with Crippen LogP contribution in [0.2, 0.25) is 0 Å². The second kappa shape index (κ2) is 9.96. The van der Waals surface area contributed by atoms with Crippen molar-refractivity contribution in [3.8, 4) is 0 Å². The molecule has 0 aromatic heterocycles. The van der Waals surface area contributed by atoms with Crippen LogP contribution in [0.3, 0.4) is 0 Å². The van der Waals surface area contributed by atoms with Crippen LogP contribution >= 0.6 is 7.92 Å². The maximum atomic E-state index is 2.83. The summed E-state index contributed by atoms with van der Waals surface area (Å²) >= 11 is 0. The third kappa shape index (κ3) is 5.10. The topological polar surface area (TPSA) is 0 Å². The quantitative estimate of drug-likeness (QED) is 0.367. The Morgan fingerprint density at radius 1 is 0.419 bits per heavy atom. The number of rotatable bonds is 5. The summed E-state index contributed by atoms with van der Waals surface area (Å²) in [5.74, 6) is 2.95. The minimum Gasteiger partial charge on any atom is -0.0892 e. The van der Waals surface area contributed by atoms with Gasteiger partial charge < -0.3 is 0 Å². The normalized spacial score (nSPS) is 24.7. The molecule has 0 saturated heterocycles. The molecule has 3 saturated carbocycles. The molecule has 0 bridgehead atoms. The van der Waals surface area contributed by atoms with Gasteiger partial charge in [-0.1, -0.05) is 121 Å². The van der Waals surface area contributed by atoms with Gasteiger partial charge in [-0.2, -0.15) is 0 Å². The van der Waals surface area contributed by atoms with E-state index in [1.165, 1.54) is 96.3 Å². The summed E-state index contributed by atoms with van der Waals surface area (Å²) in [7, 11) is -0.148. The summed E-state index contributed by atoms with van der Waals surface area (Å²) in [4.78, 5) is 0. The Morgan fingerprint density at radius 3 is 0.903 bits per heavy atom. The monoisotopic (exact) mass is 448 g/mol. The third-order valence-electron chi connectivity index (χ3n) is 9.80. The van der Waals surface area contributed by atoms with Crippen LogP contribution in [-0.2, 0) is 0 Å². The summed E-state index contributed by atoms with van der Waals surface area (Å²) in [5.41, 5.74) is 0.570. The smallest absolute Gasteiger partial charge is 0.00773 e. The fraction of sp³-hybridized carbons (Fsp3) is 1.00. The van der Waals surface area contributed by atoms with Crippen molar-refractivity contribution in [3.63, 3.8) is 0 Å². The predicted molar refractivity (Wildman–Crippen MR) is 143 cm³/mol. The van der Waals surface area contributed by atoms with E-state index in [4.69, 9.17) is 0 Å². The van der Waals surface area contributed by atoms with Gasteiger partial charge >= 0.3 is 0 Å². The van der Waals surface area contributed by atoms with Crippen LogP contribution in [0.25, 0.3) is 0 Å². The molecule has 0 aromatic rings. The van der Waals surface area contributed by atoms with Crippen molar-refractivity contribution in [2.75, 3.05) is 0 Å². The van der Waals surface area contributed by atoms with Crippen molar-refractivity contribution >= 4 is 7.92 Å². The van der Waals surface area contributed by atoms with E-state index in [9.17, 15) is 0 Å². The zero-order valence-electron chi connectivity index (χ0n) is 22.8. The first kappa shape index (κ1) is 26.0. The lowest BCUT2D eigenvalue weighted by Crippen LogP contribution is -2.60. The molecule has 3 aliphatic carbocycles. The van der Waals surface area contributed by atoms with E-state index in [1.807, 2.05) is 0 Å². The van der Waals surface area contributed by atoms with Crippen molar-refractivity contribution in [2.45, 2.75) is 167 Å². The van der Waals surface area contributed by atoms with Crippen LogP contribution in [0.1, 0.15) is 152 Å². The summed E-state index contributed by atoms with van der Waals surface area (Å²) in [5, 5.41) is 1.24. The molecule has 3 aliphatic rings. The van der Waals surface area contributed by atoms with E-state index in [0.29, 0.717) is 20.9 Å². The zero-order valence-corrected chi connectivity index (χ0v) is 23.7. The van der Waals surface area contributed by atoms with Gasteiger partial charge in [0.25, 0.3) is 0 Å². The molecule has 3 fully saturated rings. The zero-order chi connectivity index (χ0) is 22.9. The Balaban J connectivity index is 2.22. The molecule has 0 spiro atoms. The highest BCUT2D eigenvalue weighted by Crippen LogP contribution is 2.77. The molecule has 0 heterocycles. The average molecular weight is 449 g/mol. The van der Waals surface area contributed by atoms with Gasteiger partial charge in [-0.3, -0.25) is 0 Å². The Bertz CT molecular complexity index is 482. The average Bonchev–Trinajstić information content (AvgIpc) is 2.68. The second-order valence-corrected chi connectivity index (χ2v) is 18.6. The van der Waals surface area contributed by atoms with Gasteiger partial charge in [-0.25, -0.2) is 0 Å². The Morgan fingerprint density at radius 2 is 0.677 bits per heavy atom. The minimum atomic E-state index is -0.148. The highest BCUT2D eigenvalue weighted by molar-refractivity contribution is 7.62. The maximum absolute atomic E-state index is 2.83. The van der Waals surface area contributed by atoms with Crippen LogP contribution in [0.5, 0.6) is 0 Å². The van der Waals surface area contributed by atoms with Gasteiger partial charge in [0.1, 0.15) is 0 Å². The van der Waals surface area contributed by atoms with E-state index < -0.39 is 0 Å². The summed E-state index contributed by atoms with van der Waals surface area (Å²) in [6.45, 7) is 21.2. The third-order valence-corrected chi connectivity index (χ3v) is 14.0. The van der Waals surface area contributed by atoms with Crippen LogP contribution in [-0.4, -0.2) is 15.5 Å². The van der Waals surface area contributed by atoms with Crippen LogP contribution < -0.4 is 0 Å². The summed E-state index contributed by atoms with van der Waals surface area (Å²) in [6.07, 6.45) is 22.7. The molecule has 0 nitrogen and oxygen atoms in total. The predicted octanol–water partition coefficient (Wildman–Crippen LogP) is 10.6. The summed E-state index contributed by atoms with van der Waals surface area (Å²) in [6, 6.07) is 0. The summed E-state index contributed by atoms with van der Waals surface area (Å²) < 4.78 is 0. The molecule has 1 heteroatoms. The van der Waals surface area contributed by atoms with Gasteiger partial charge in [0, 0.05) is 0 Å².